The van der Waals surface area contributed by atoms with Crippen LogP contribution in [0.25, 0.3) is 0 Å². The van der Waals surface area contributed by atoms with Crippen molar-refractivity contribution in [3.8, 4) is 0 Å². The van der Waals surface area contributed by atoms with Crippen LogP contribution in [0.4, 0.5) is 0 Å². The maximum absolute atomic E-state index is 13.5. The van der Waals surface area contributed by atoms with E-state index in [-0.39, 0.29) is 23.8 Å². The molecule has 1 atom stereocenters. The van der Waals surface area contributed by atoms with Crippen molar-refractivity contribution in [1.82, 2.24) is 10.6 Å². The average molecular weight is 421 g/mol. The Balaban J connectivity index is 1.75. The van der Waals surface area contributed by atoms with Crippen LogP contribution in [0.1, 0.15) is 75.8 Å². The first-order chi connectivity index (χ1) is 15.1. The quantitative estimate of drug-likeness (QED) is 0.648. The first kappa shape index (κ1) is 23.1. The lowest BCUT2D eigenvalue weighted by atomic mass is 9.89. The van der Waals surface area contributed by atoms with E-state index in [0.717, 1.165) is 36.8 Å². The van der Waals surface area contributed by atoms with Crippen molar-refractivity contribution < 1.29 is 9.59 Å². The summed E-state index contributed by atoms with van der Waals surface area (Å²) in [5, 5.41) is 6.32. The number of benzene rings is 2. The molecule has 0 saturated heterocycles. The zero-order chi connectivity index (χ0) is 22.1. The molecule has 31 heavy (non-hydrogen) atoms. The molecule has 0 spiro atoms. The summed E-state index contributed by atoms with van der Waals surface area (Å²) in [5.41, 5.74) is 1.85. The van der Waals surface area contributed by atoms with E-state index >= 15 is 0 Å². The molecular formula is C27H36N2O2. The largest absolute Gasteiger partial charge is 0.352 e. The Kier molecular flexibility index (Phi) is 8.69. The summed E-state index contributed by atoms with van der Waals surface area (Å²) in [6.45, 7) is 3.98. The van der Waals surface area contributed by atoms with E-state index in [1.54, 1.807) is 0 Å². The predicted octanol–water partition coefficient (Wildman–Crippen LogP) is 5.19. The normalized spacial score (nSPS) is 16.4. The lowest BCUT2D eigenvalue weighted by Gasteiger charge is -2.28. The Labute approximate surface area is 186 Å². The van der Waals surface area contributed by atoms with Gasteiger partial charge in [-0.1, -0.05) is 107 Å². The van der Waals surface area contributed by atoms with Crippen molar-refractivity contribution in [3.63, 3.8) is 0 Å². The SMILES string of the molecule is CC(C)[C@H](NC(=O)C(c1ccccc1)c1ccccc1)C(=O)NC1CCCCCCC1. The highest BCUT2D eigenvalue weighted by molar-refractivity contribution is 5.92. The van der Waals surface area contributed by atoms with Gasteiger partial charge in [-0.3, -0.25) is 9.59 Å². The van der Waals surface area contributed by atoms with Crippen molar-refractivity contribution in [1.29, 1.82) is 0 Å². The molecule has 0 bridgehead atoms. The second-order valence-electron chi connectivity index (χ2n) is 9.04. The highest BCUT2D eigenvalue weighted by Crippen LogP contribution is 2.25. The van der Waals surface area contributed by atoms with Crippen LogP contribution in [0.2, 0.25) is 0 Å². The van der Waals surface area contributed by atoms with Crippen molar-refractivity contribution in [3.05, 3.63) is 71.8 Å². The third kappa shape index (κ3) is 6.68. The lowest BCUT2D eigenvalue weighted by Crippen LogP contribution is -2.53. The van der Waals surface area contributed by atoms with Crippen molar-refractivity contribution in [2.45, 2.75) is 76.8 Å². The fourth-order valence-corrected chi connectivity index (χ4v) is 4.45. The molecule has 1 aliphatic carbocycles. The highest BCUT2D eigenvalue weighted by atomic mass is 16.2. The van der Waals surface area contributed by atoms with Gasteiger partial charge in [-0.25, -0.2) is 0 Å². The van der Waals surface area contributed by atoms with Crippen LogP contribution in [0.5, 0.6) is 0 Å². The van der Waals surface area contributed by atoms with E-state index in [0.29, 0.717) is 0 Å². The van der Waals surface area contributed by atoms with Gasteiger partial charge in [0.25, 0.3) is 0 Å². The van der Waals surface area contributed by atoms with Crippen molar-refractivity contribution in [2.24, 2.45) is 5.92 Å². The maximum atomic E-state index is 13.5. The molecule has 0 radical (unpaired) electrons. The lowest BCUT2D eigenvalue weighted by molar-refractivity contribution is -0.130. The molecule has 166 valence electrons. The second-order valence-corrected chi connectivity index (χ2v) is 9.04. The number of amides is 2. The molecule has 4 heteroatoms. The Morgan fingerprint density at radius 3 is 1.71 bits per heavy atom. The summed E-state index contributed by atoms with van der Waals surface area (Å²) < 4.78 is 0. The first-order valence-corrected chi connectivity index (χ1v) is 11.8. The minimum Gasteiger partial charge on any atom is -0.352 e. The van der Waals surface area contributed by atoms with Gasteiger partial charge in [-0.05, 0) is 29.9 Å². The number of rotatable bonds is 7. The predicted molar refractivity (Wildman–Crippen MR) is 126 cm³/mol. The van der Waals surface area contributed by atoms with Crippen molar-refractivity contribution >= 4 is 11.8 Å². The smallest absolute Gasteiger partial charge is 0.243 e. The monoisotopic (exact) mass is 420 g/mol. The van der Waals surface area contributed by atoms with Crippen LogP contribution in [0.15, 0.2) is 60.7 Å². The second kappa shape index (κ2) is 11.7. The number of carbonyl (C=O) groups excluding carboxylic acids is 2. The van der Waals surface area contributed by atoms with Crippen LogP contribution in [-0.4, -0.2) is 23.9 Å². The van der Waals surface area contributed by atoms with Gasteiger partial charge < -0.3 is 10.6 Å². The van der Waals surface area contributed by atoms with Crippen LogP contribution in [-0.2, 0) is 9.59 Å². The van der Waals surface area contributed by atoms with Crippen LogP contribution < -0.4 is 10.6 Å². The molecule has 2 amide bonds. The van der Waals surface area contributed by atoms with E-state index in [9.17, 15) is 9.59 Å². The topological polar surface area (TPSA) is 58.2 Å². The minimum atomic E-state index is -0.548. The molecule has 4 nitrogen and oxygen atoms in total. The van der Waals surface area contributed by atoms with Gasteiger partial charge in [0, 0.05) is 6.04 Å². The fraction of sp³-hybridized carbons (Fsp3) is 0.481. The molecule has 1 fully saturated rings. The molecule has 0 aliphatic heterocycles. The van der Waals surface area contributed by atoms with Crippen LogP contribution in [0.3, 0.4) is 0 Å². The van der Waals surface area contributed by atoms with Crippen LogP contribution in [0, 0.1) is 5.92 Å². The summed E-state index contributed by atoms with van der Waals surface area (Å²) in [6, 6.07) is 19.2. The molecule has 3 rings (SSSR count). The molecule has 0 unspecified atom stereocenters. The molecule has 2 N–H and O–H groups in total. The van der Waals surface area contributed by atoms with Gasteiger partial charge in [0.05, 0.1) is 5.92 Å². The summed E-state index contributed by atoms with van der Waals surface area (Å²) in [7, 11) is 0. The average Bonchev–Trinajstić information content (AvgIpc) is 2.75. The van der Waals surface area contributed by atoms with Crippen molar-refractivity contribution in [2.75, 3.05) is 0 Å². The number of hydrogen-bond acceptors (Lipinski definition) is 2. The van der Waals surface area contributed by atoms with Crippen LogP contribution >= 0.6 is 0 Å². The van der Waals surface area contributed by atoms with E-state index < -0.39 is 12.0 Å². The Bertz CT molecular complexity index is 772. The standard InChI is InChI=1S/C27H36N2O2/c1-20(2)25(27(31)28-23-18-12-4-3-5-13-19-23)29-26(30)24(21-14-8-6-9-15-21)22-16-10-7-11-17-22/h6-11,14-17,20,23-25H,3-5,12-13,18-19H2,1-2H3,(H,28,31)(H,29,30)/t25-/m0/s1. The molecule has 2 aromatic carbocycles. The third-order valence-corrected chi connectivity index (χ3v) is 6.23. The zero-order valence-corrected chi connectivity index (χ0v) is 18.8. The summed E-state index contributed by atoms with van der Waals surface area (Å²) >= 11 is 0. The van der Waals surface area contributed by atoms with Gasteiger partial charge in [-0.15, -0.1) is 0 Å². The summed E-state index contributed by atoms with van der Waals surface area (Å²) in [6.07, 6.45) is 8.16. The van der Waals surface area contributed by atoms with Gasteiger partial charge >= 0.3 is 0 Å². The van der Waals surface area contributed by atoms with Gasteiger partial charge in [0.2, 0.25) is 11.8 Å². The molecule has 1 aliphatic rings. The third-order valence-electron chi connectivity index (χ3n) is 6.23. The number of carbonyl (C=O) groups is 2. The fourth-order valence-electron chi connectivity index (χ4n) is 4.45. The summed E-state index contributed by atoms with van der Waals surface area (Å²) in [4.78, 5) is 26.6. The van der Waals surface area contributed by atoms with E-state index in [1.807, 2.05) is 74.5 Å². The zero-order valence-electron chi connectivity index (χ0n) is 18.8. The first-order valence-electron chi connectivity index (χ1n) is 11.8. The van der Waals surface area contributed by atoms with Gasteiger partial charge in [0.15, 0.2) is 0 Å². The van der Waals surface area contributed by atoms with E-state index in [1.165, 1.54) is 19.3 Å². The molecule has 0 aromatic heterocycles. The van der Waals surface area contributed by atoms with E-state index in [2.05, 4.69) is 10.6 Å². The minimum absolute atomic E-state index is 0.00435. The number of hydrogen-bond donors (Lipinski definition) is 2. The Morgan fingerprint density at radius 1 is 0.742 bits per heavy atom. The summed E-state index contributed by atoms with van der Waals surface area (Å²) in [5.74, 6) is -0.639. The van der Waals surface area contributed by atoms with Gasteiger partial charge in [0.1, 0.15) is 6.04 Å². The molecule has 0 heterocycles. The van der Waals surface area contributed by atoms with Gasteiger partial charge in [-0.2, -0.15) is 0 Å². The highest BCUT2D eigenvalue weighted by Gasteiger charge is 2.30. The Morgan fingerprint density at radius 2 is 1.23 bits per heavy atom. The van der Waals surface area contributed by atoms with E-state index in [4.69, 9.17) is 0 Å². The molecular weight excluding hydrogens is 384 g/mol. The molecule has 2 aromatic rings. The number of nitrogens with one attached hydrogen (secondary N) is 2. The maximum Gasteiger partial charge on any atom is 0.243 e. The molecule has 1 saturated carbocycles. The Hall–Kier alpha value is -2.62.